The molecule has 0 aliphatic heterocycles. The molecule has 3 heteroatoms. The van der Waals surface area contributed by atoms with Crippen LogP contribution in [0.5, 0.6) is 5.75 Å². The van der Waals surface area contributed by atoms with Crippen LogP contribution in [-0.4, -0.2) is 18.6 Å². The quantitative estimate of drug-likeness (QED) is 0.742. The smallest absolute Gasteiger partial charge is 0.119 e. The van der Waals surface area contributed by atoms with Crippen LogP contribution < -0.4 is 10.5 Å². The Balaban J connectivity index is 2.39. The topological polar surface area (TPSA) is 35.2 Å². The number of thioether (sulfide) groups is 1. The fourth-order valence-corrected chi connectivity index (χ4v) is 1.85. The molecule has 2 nitrogen and oxygen atoms in total. The molecule has 0 heterocycles. The number of rotatable bonds is 7. The lowest BCUT2D eigenvalue weighted by molar-refractivity contribution is 0.318. The van der Waals surface area contributed by atoms with Crippen LogP contribution in [0.15, 0.2) is 24.3 Å². The van der Waals surface area contributed by atoms with Crippen LogP contribution in [0.2, 0.25) is 0 Å². The molecular formula is C13H21NOS. The van der Waals surface area contributed by atoms with Crippen LogP contribution in [0, 0.1) is 0 Å². The van der Waals surface area contributed by atoms with Crippen molar-refractivity contribution in [1.82, 2.24) is 0 Å². The van der Waals surface area contributed by atoms with Gasteiger partial charge in [0.25, 0.3) is 0 Å². The van der Waals surface area contributed by atoms with Crippen LogP contribution in [0.25, 0.3) is 0 Å². The largest absolute Gasteiger partial charge is 0.494 e. The summed E-state index contributed by atoms with van der Waals surface area (Å²) in [6, 6.07) is 8.26. The van der Waals surface area contributed by atoms with Gasteiger partial charge >= 0.3 is 0 Å². The van der Waals surface area contributed by atoms with Crippen molar-refractivity contribution >= 4 is 11.8 Å². The molecule has 0 aliphatic carbocycles. The van der Waals surface area contributed by atoms with Gasteiger partial charge < -0.3 is 10.5 Å². The lowest BCUT2D eigenvalue weighted by Crippen LogP contribution is -2.08. The summed E-state index contributed by atoms with van der Waals surface area (Å²) >= 11 is 1.85. The van der Waals surface area contributed by atoms with Crippen LogP contribution in [0.3, 0.4) is 0 Å². The molecule has 0 fully saturated rings. The Labute approximate surface area is 103 Å². The first-order valence-corrected chi connectivity index (χ1v) is 7.14. The molecule has 2 N–H and O–H groups in total. The Hall–Kier alpha value is -0.670. The van der Waals surface area contributed by atoms with Gasteiger partial charge in [0.1, 0.15) is 5.75 Å². The normalized spacial score (nSPS) is 12.4. The first-order valence-electron chi connectivity index (χ1n) is 5.75. The Morgan fingerprint density at radius 2 is 2.00 bits per heavy atom. The van der Waals surface area contributed by atoms with E-state index in [0.717, 1.165) is 31.0 Å². The Bertz CT molecular complexity index is 286. The molecular weight excluding hydrogens is 218 g/mol. The summed E-state index contributed by atoms with van der Waals surface area (Å²) in [5.74, 6) is 2.09. The van der Waals surface area contributed by atoms with Crippen LogP contribution >= 0.6 is 11.8 Å². The Kier molecular flexibility index (Phi) is 6.34. The summed E-state index contributed by atoms with van der Waals surface area (Å²) in [6.45, 7) is 2.89. The van der Waals surface area contributed by atoms with Gasteiger partial charge in [-0.15, -0.1) is 0 Å². The third-order valence-corrected chi connectivity index (χ3v) is 3.21. The monoisotopic (exact) mass is 239 g/mol. The standard InChI is InChI=1S/C13H21NOS/c1-3-13(14)11-5-7-12(8-6-11)15-9-4-10-16-2/h5-8,13H,3-4,9-10,14H2,1-2H3. The van der Waals surface area contributed by atoms with E-state index in [-0.39, 0.29) is 6.04 Å². The number of ether oxygens (including phenoxy) is 1. The molecule has 1 rings (SSSR count). The van der Waals surface area contributed by atoms with Gasteiger partial charge in [0, 0.05) is 6.04 Å². The zero-order chi connectivity index (χ0) is 11.8. The van der Waals surface area contributed by atoms with E-state index in [1.807, 2.05) is 23.9 Å². The zero-order valence-electron chi connectivity index (χ0n) is 10.1. The summed E-state index contributed by atoms with van der Waals surface area (Å²) in [5, 5.41) is 0. The predicted octanol–water partition coefficient (Wildman–Crippen LogP) is 3.23. The highest BCUT2D eigenvalue weighted by atomic mass is 32.2. The fraction of sp³-hybridized carbons (Fsp3) is 0.538. The van der Waals surface area contributed by atoms with Gasteiger partial charge in [-0.1, -0.05) is 19.1 Å². The van der Waals surface area contributed by atoms with Crippen molar-refractivity contribution in [2.45, 2.75) is 25.8 Å². The van der Waals surface area contributed by atoms with Crippen molar-refractivity contribution in [1.29, 1.82) is 0 Å². The molecule has 0 radical (unpaired) electrons. The lowest BCUT2D eigenvalue weighted by atomic mass is 10.1. The number of nitrogens with two attached hydrogens (primary N) is 1. The molecule has 1 atom stereocenters. The average Bonchev–Trinajstić information content (AvgIpc) is 2.34. The van der Waals surface area contributed by atoms with E-state index in [9.17, 15) is 0 Å². The molecule has 0 aliphatic rings. The number of benzene rings is 1. The van der Waals surface area contributed by atoms with Gasteiger partial charge in [-0.2, -0.15) is 11.8 Å². The molecule has 1 aromatic carbocycles. The van der Waals surface area contributed by atoms with E-state index in [1.165, 1.54) is 5.56 Å². The molecule has 1 unspecified atom stereocenters. The van der Waals surface area contributed by atoms with E-state index >= 15 is 0 Å². The van der Waals surface area contributed by atoms with E-state index < -0.39 is 0 Å². The predicted molar refractivity (Wildman–Crippen MR) is 72.2 cm³/mol. The van der Waals surface area contributed by atoms with E-state index in [2.05, 4.69) is 25.3 Å². The van der Waals surface area contributed by atoms with Crippen LogP contribution in [0.1, 0.15) is 31.4 Å². The van der Waals surface area contributed by atoms with Gasteiger partial charge in [0.2, 0.25) is 0 Å². The highest BCUT2D eigenvalue weighted by Crippen LogP contribution is 2.18. The summed E-state index contributed by atoms with van der Waals surface area (Å²) in [4.78, 5) is 0. The van der Waals surface area contributed by atoms with E-state index in [4.69, 9.17) is 10.5 Å². The van der Waals surface area contributed by atoms with Crippen molar-refractivity contribution in [3.8, 4) is 5.75 Å². The molecule has 0 amide bonds. The highest BCUT2D eigenvalue weighted by Gasteiger charge is 2.02. The summed E-state index contributed by atoms with van der Waals surface area (Å²) in [5.41, 5.74) is 7.12. The molecule has 0 spiro atoms. The van der Waals surface area contributed by atoms with Gasteiger partial charge in [-0.3, -0.25) is 0 Å². The highest BCUT2D eigenvalue weighted by molar-refractivity contribution is 7.98. The third kappa shape index (κ3) is 4.45. The minimum atomic E-state index is 0.144. The minimum Gasteiger partial charge on any atom is -0.494 e. The zero-order valence-corrected chi connectivity index (χ0v) is 10.9. The summed E-state index contributed by atoms with van der Waals surface area (Å²) in [6.07, 6.45) is 4.17. The van der Waals surface area contributed by atoms with Gasteiger partial charge in [-0.25, -0.2) is 0 Å². The minimum absolute atomic E-state index is 0.144. The van der Waals surface area contributed by atoms with E-state index in [1.54, 1.807) is 0 Å². The maximum absolute atomic E-state index is 5.94. The first kappa shape index (κ1) is 13.4. The third-order valence-electron chi connectivity index (χ3n) is 2.51. The maximum atomic E-state index is 5.94. The maximum Gasteiger partial charge on any atom is 0.119 e. The Morgan fingerprint density at radius 1 is 1.31 bits per heavy atom. The lowest BCUT2D eigenvalue weighted by Gasteiger charge is -2.10. The van der Waals surface area contributed by atoms with Crippen molar-refractivity contribution in [2.24, 2.45) is 5.73 Å². The molecule has 0 saturated carbocycles. The van der Waals surface area contributed by atoms with Crippen LogP contribution in [-0.2, 0) is 0 Å². The SMILES string of the molecule is CCC(N)c1ccc(OCCCSC)cc1. The average molecular weight is 239 g/mol. The number of hydrogen-bond donors (Lipinski definition) is 1. The summed E-state index contributed by atoms with van der Waals surface area (Å²) < 4.78 is 5.62. The first-order chi connectivity index (χ1) is 7.77. The van der Waals surface area contributed by atoms with Gasteiger partial charge in [0.15, 0.2) is 0 Å². The Morgan fingerprint density at radius 3 is 2.56 bits per heavy atom. The molecule has 0 saturated heterocycles. The van der Waals surface area contributed by atoms with Gasteiger partial charge in [0.05, 0.1) is 6.61 Å². The van der Waals surface area contributed by atoms with Gasteiger partial charge in [-0.05, 0) is 42.5 Å². The molecule has 1 aromatic rings. The second-order valence-electron chi connectivity index (χ2n) is 3.78. The van der Waals surface area contributed by atoms with Crippen molar-refractivity contribution in [2.75, 3.05) is 18.6 Å². The fourth-order valence-electron chi connectivity index (χ4n) is 1.44. The molecule has 90 valence electrons. The number of hydrogen-bond acceptors (Lipinski definition) is 3. The molecule has 0 bridgehead atoms. The second-order valence-corrected chi connectivity index (χ2v) is 4.76. The molecule has 0 aromatic heterocycles. The van der Waals surface area contributed by atoms with Crippen molar-refractivity contribution in [3.63, 3.8) is 0 Å². The van der Waals surface area contributed by atoms with Crippen molar-refractivity contribution in [3.05, 3.63) is 29.8 Å². The van der Waals surface area contributed by atoms with Crippen LogP contribution in [0.4, 0.5) is 0 Å². The van der Waals surface area contributed by atoms with Crippen molar-refractivity contribution < 1.29 is 4.74 Å². The molecule has 16 heavy (non-hydrogen) atoms. The summed E-state index contributed by atoms with van der Waals surface area (Å²) in [7, 11) is 0. The second kappa shape index (κ2) is 7.58. The van der Waals surface area contributed by atoms with E-state index in [0.29, 0.717) is 0 Å².